The smallest absolute Gasteiger partial charge is 0.337 e. The fourth-order valence-electron chi connectivity index (χ4n) is 4.08. The van der Waals surface area contributed by atoms with Crippen LogP contribution in [0.5, 0.6) is 0 Å². The molecule has 0 heterocycles. The molecule has 0 aromatic heterocycles. The summed E-state index contributed by atoms with van der Waals surface area (Å²) in [5.74, 6) is -1.17. The molecular formula is C29H25NO3. The lowest BCUT2D eigenvalue weighted by Crippen LogP contribution is -2.27. The van der Waals surface area contributed by atoms with Crippen molar-refractivity contribution in [1.29, 1.82) is 0 Å². The first-order valence-electron chi connectivity index (χ1n) is 10.8. The topological polar surface area (TPSA) is 55.4 Å². The summed E-state index contributed by atoms with van der Waals surface area (Å²) in [7, 11) is 1.34. The zero-order chi connectivity index (χ0) is 23.0. The van der Waals surface area contributed by atoms with E-state index in [9.17, 15) is 9.59 Å². The number of nitrogens with one attached hydrogen (secondary N) is 1. The number of ether oxygens (including phenoxy) is 1. The molecule has 1 atom stereocenters. The highest BCUT2D eigenvalue weighted by Gasteiger charge is 2.32. The van der Waals surface area contributed by atoms with E-state index in [1.54, 1.807) is 24.3 Å². The van der Waals surface area contributed by atoms with Crippen molar-refractivity contribution < 1.29 is 14.3 Å². The summed E-state index contributed by atoms with van der Waals surface area (Å²) >= 11 is 0. The standard InChI is InChI=1S/C29H25NO3/c1-33-29(32)24-17-19-25(20-18-24)30-28(31)27(23-15-9-4-10-16-23)26(21-11-5-2-6-12-21)22-13-7-3-8-14-22/h2-20,26-27H,1H3,(H,30,31)/t27-/m0/s1. The van der Waals surface area contributed by atoms with E-state index >= 15 is 0 Å². The van der Waals surface area contributed by atoms with E-state index in [4.69, 9.17) is 4.74 Å². The lowest BCUT2D eigenvalue weighted by molar-refractivity contribution is -0.117. The van der Waals surface area contributed by atoms with Crippen molar-refractivity contribution in [2.45, 2.75) is 11.8 Å². The number of anilines is 1. The Bertz CT molecular complexity index is 1150. The molecule has 33 heavy (non-hydrogen) atoms. The van der Waals surface area contributed by atoms with E-state index in [1.807, 2.05) is 66.7 Å². The molecular weight excluding hydrogens is 410 g/mol. The molecule has 1 N–H and O–H groups in total. The maximum Gasteiger partial charge on any atom is 0.337 e. The van der Waals surface area contributed by atoms with Gasteiger partial charge in [-0.2, -0.15) is 0 Å². The molecule has 0 saturated heterocycles. The lowest BCUT2D eigenvalue weighted by atomic mass is 9.76. The Morgan fingerprint density at radius 1 is 0.636 bits per heavy atom. The van der Waals surface area contributed by atoms with Crippen LogP contribution in [0.3, 0.4) is 0 Å². The fraction of sp³-hybridized carbons (Fsp3) is 0.103. The van der Waals surface area contributed by atoms with Gasteiger partial charge in [-0.1, -0.05) is 91.0 Å². The Kier molecular flexibility index (Phi) is 6.96. The number of hydrogen-bond acceptors (Lipinski definition) is 3. The molecule has 4 nitrogen and oxygen atoms in total. The predicted molar refractivity (Wildman–Crippen MR) is 130 cm³/mol. The number of rotatable bonds is 7. The van der Waals surface area contributed by atoms with Crippen LogP contribution in [0.4, 0.5) is 5.69 Å². The van der Waals surface area contributed by atoms with Crippen LogP contribution >= 0.6 is 0 Å². The third-order valence-electron chi connectivity index (χ3n) is 5.67. The molecule has 164 valence electrons. The number of hydrogen-bond donors (Lipinski definition) is 1. The second-order valence-corrected chi connectivity index (χ2v) is 7.75. The van der Waals surface area contributed by atoms with Gasteiger partial charge in [0.25, 0.3) is 0 Å². The molecule has 0 saturated carbocycles. The molecule has 4 heteroatoms. The second-order valence-electron chi connectivity index (χ2n) is 7.75. The highest BCUT2D eigenvalue weighted by Crippen LogP contribution is 2.39. The molecule has 0 aliphatic rings. The Labute approximate surface area is 193 Å². The Morgan fingerprint density at radius 2 is 1.09 bits per heavy atom. The van der Waals surface area contributed by atoms with Crippen molar-refractivity contribution in [3.8, 4) is 0 Å². The minimum absolute atomic E-state index is 0.121. The van der Waals surface area contributed by atoms with Crippen molar-refractivity contribution in [1.82, 2.24) is 0 Å². The van der Waals surface area contributed by atoms with Crippen molar-refractivity contribution >= 4 is 17.6 Å². The fourth-order valence-corrected chi connectivity index (χ4v) is 4.08. The number of carbonyl (C=O) groups is 2. The molecule has 4 rings (SSSR count). The maximum atomic E-state index is 13.8. The van der Waals surface area contributed by atoms with Crippen LogP contribution in [0.25, 0.3) is 0 Å². The van der Waals surface area contributed by atoms with Gasteiger partial charge in [-0.3, -0.25) is 4.79 Å². The molecule has 0 spiro atoms. The number of methoxy groups -OCH3 is 1. The van der Waals surface area contributed by atoms with Gasteiger partial charge in [0, 0.05) is 11.6 Å². The highest BCUT2D eigenvalue weighted by molar-refractivity contribution is 5.97. The van der Waals surface area contributed by atoms with Gasteiger partial charge in [0.2, 0.25) is 5.91 Å². The first kappa shape index (κ1) is 22.0. The maximum absolute atomic E-state index is 13.8. The van der Waals surface area contributed by atoms with Gasteiger partial charge in [-0.15, -0.1) is 0 Å². The van der Waals surface area contributed by atoms with Crippen LogP contribution in [-0.4, -0.2) is 19.0 Å². The molecule has 0 bridgehead atoms. The largest absolute Gasteiger partial charge is 0.465 e. The van der Waals surface area contributed by atoms with Gasteiger partial charge in [0.05, 0.1) is 18.6 Å². The normalized spacial score (nSPS) is 11.6. The monoisotopic (exact) mass is 435 g/mol. The Balaban J connectivity index is 1.74. The zero-order valence-corrected chi connectivity index (χ0v) is 18.3. The molecule has 0 aliphatic carbocycles. The van der Waals surface area contributed by atoms with Gasteiger partial charge in [-0.05, 0) is 41.0 Å². The van der Waals surface area contributed by atoms with Crippen LogP contribution in [0.1, 0.15) is 38.9 Å². The van der Waals surface area contributed by atoms with Crippen LogP contribution in [0.15, 0.2) is 115 Å². The van der Waals surface area contributed by atoms with E-state index in [-0.39, 0.29) is 11.8 Å². The number of carbonyl (C=O) groups excluding carboxylic acids is 2. The second kappa shape index (κ2) is 10.4. The third kappa shape index (κ3) is 5.18. The Hall–Kier alpha value is -4.18. The summed E-state index contributed by atoms with van der Waals surface area (Å²) < 4.78 is 4.76. The first-order valence-corrected chi connectivity index (χ1v) is 10.8. The van der Waals surface area contributed by atoms with Gasteiger partial charge in [0.15, 0.2) is 0 Å². The molecule has 1 amide bonds. The van der Waals surface area contributed by atoms with Crippen LogP contribution in [0, 0.1) is 0 Å². The summed E-state index contributed by atoms with van der Waals surface area (Å²) in [6.45, 7) is 0. The average molecular weight is 436 g/mol. The molecule has 0 unspecified atom stereocenters. The van der Waals surface area contributed by atoms with E-state index in [1.165, 1.54) is 7.11 Å². The van der Waals surface area contributed by atoms with Crippen molar-refractivity contribution in [2.24, 2.45) is 0 Å². The quantitative estimate of drug-likeness (QED) is 0.361. The van der Waals surface area contributed by atoms with E-state index in [0.29, 0.717) is 11.3 Å². The first-order chi connectivity index (χ1) is 16.2. The van der Waals surface area contributed by atoms with E-state index < -0.39 is 11.9 Å². The number of benzene rings is 4. The molecule has 4 aromatic rings. The summed E-state index contributed by atoms with van der Waals surface area (Å²) in [6, 6.07) is 36.7. The van der Waals surface area contributed by atoms with Crippen LogP contribution in [0.2, 0.25) is 0 Å². The SMILES string of the molecule is COC(=O)c1ccc(NC(=O)[C@@H](c2ccccc2)C(c2ccccc2)c2ccccc2)cc1. The zero-order valence-electron chi connectivity index (χ0n) is 18.3. The highest BCUT2D eigenvalue weighted by atomic mass is 16.5. The number of esters is 1. The van der Waals surface area contributed by atoms with Crippen molar-refractivity contribution in [3.63, 3.8) is 0 Å². The van der Waals surface area contributed by atoms with Gasteiger partial charge in [-0.25, -0.2) is 4.79 Å². The third-order valence-corrected chi connectivity index (χ3v) is 5.67. The molecule has 0 aliphatic heterocycles. The van der Waals surface area contributed by atoms with Crippen molar-refractivity contribution in [3.05, 3.63) is 138 Å². The molecule has 0 radical (unpaired) electrons. The Morgan fingerprint density at radius 3 is 1.55 bits per heavy atom. The lowest BCUT2D eigenvalue weighted by Gasteiger charge is -2.28. The summed E-state index contributed by atoms with van der Waals surface area (Å²) in [4.78, 5) is 25.5. The molecule has 4 aromatic carbocycles. The van der Waals surface area contributed by atoms with E-state index in [2.05, 4.69) is 29.6 Å². The van der Waals surface area contributed by atoms with Gasteiger partial charge < -0.3 is 10.1 Å². The summed E-state index contributed by atoms with van der Waals surface area (Å²) in [5, 5.41) is 3.05. The summed E-state index contributed by atoms with van der Waals surface area (Å²) in [6.07, 6.45) is 0. The van der Waals surface area contributed by atoms with E-state index in [0.717, 1.165) is 16.7 Å². The minimum Gasteiger partial charge on any atom is -0.465 e. The predicted octanol–water partition coefficient (Wildman–Crippen LogP) is 6.03. The van der Waals surface area contributed by atoms with Crippen LogP contribution in [-0.2, 0) is 9.53 Å². The average Bonchev–Trinajstić information content (AvgIpc) is 2.88. The van der Waals surface area contributed by atoms with Gasteiger partial charge >= 0.3 is 5.97 Å². The molecule has 0 fully saturated rings. The van der Waals surface area contributed by atoms with Crippen LogP contribution < -0.4 is 5.32 Å². The minimum atomic E-state index is -0.462. The van der Waals surface area contributed by atoms with Crippen molar-refractivity contribution in [2.75, 3.05) is 12.4 Å². The summed E-state index contributed by atoms with van der Waals surface area (Å²) in [5.41, 5.74) is 4.11. The number of amides is 1. The van der Waals surface area contributed by atoms with Gasteiger partial charge in [0.1, 0.15) is 0 Å².